The first kappa shape index (κ1) is 14.8. The molecular formula is C11H23NO2S. The second kappa shape index (κ2) is 6.38. The molecule has 0 aromatic carbocycles. The van der Waals surface area contributed by atoms with Crippen LogP contribution in [0.2, 0.25) is 0 Å². The number of rotatable bonds is 7. The summed E-state index contributed by atoms with van der Waals surface area (Å²) in [6, 6.07) is 0. The lowest BCUT2D eigenvalue weighted by atomic mass is 10.1. The average Bonchev–Trinajstić information content (AvgIpc) is 2.14. The first-order valence-electron chi connectivity index (χ1n) is 5.43. The van der Waals surface area contributed by atoms with E-state index >= 15 is 0 Å². The predicted molar refractivity (Wildman–Crippen MR) is 66.5 cm³/mol. The van der Waals surface area contributed by atoms with E-state index in [1.807, 2.05) is 6.92 Å². The van der Waals surface area contributed by atoms with Gasteiger partial charge in [-0.25, -0.2) is 0 Å². The van der Waals surface area contributed by atoms with Crippen LogP contribution in [-0.2, 0) is 4.79 Å². The van der Waals surface area contributed by atoms with E-state index < -0.39 is 11.5 Å². The molecule has 0 bridgehead atoms. The van der Waals surface area contributed by atoms with E-state index in [2.05, 4.69) is 26.1 Å². The topological polar surface area (TPSA) is 49.3 Å². The highest BCUT2D eigenvalue weighted by Crippen LogP contribution is 2.23. The van der Waals surface area contributed by atoms with Gasteiger partial charge in [0.15, 0.2) is 0 Å². The Morgan fingerprint density at radius 3 is 2.33 bits per heavy atom. The van der Waals surface area contributed by atoms with Crippen LogP contribution in [0.5, 0.6) is 0 Å². The lowest BCUT2D eigenvalue weighted by Gasteiger charge is -2.27. The van der Waals surface area contributed by atoms with E-state index in [9.17, 15) is 4.79 Å². The highest BCUT2D eigenvalue weighted by Gasteiger charge is 2.32. The van der Waals surface area contributed by atoms with Crippen LogP contribution in [-0.4, -0.2) is 34.2 Å². The second-order valence-corrected chi connectivity index (χ2v) is 5.79. The van der Waals surface area contributed by atoms with Crippen molar-refractivity contribution in [1.82, 2.24) is 5.32 Å². The zero-order chi connectivity index (χ0) is 12.1. The molecule has 0 aromatic heterocycles. The predicted octanol–water partition coefficient (Wildman–Crippen LogP) is 2.22. The third-order valence-electron chi connectivity index (χ3n) is 2.61. The van der Waals surface area contributed by atoms with Gasteiger partial charge in [0.1, 0.15) is 5.54 Å². The van der Waals surface area contributed by atoms with Crippen molar-refractivity contribution in [1.29, 1.82) is 0 Å². The van der Waals surface area contributed by atoms with Gasteiger partial charge in [-0.2, -0.15) is 11.8 Å². The third-order valence-corrected chi connectivity index (χ3v) is 4.43. The molecule has 0 saturated carbocycles. The third kappa shape index (κ3) is 4.89. The van der Waals surface area contributed by atoms with Gasteiger partial charge in [0.05, 0.1) is 0 Å². The Hall–Kier alpha value is -0.220. The standard InChI is InChI=1S/C11H23NO2S/c1-6-12-11(5,10(13)14)7-15-9(4)8(2)3/h8-9,12H,6-7H2,1-5H3,(H,13,14). The molecule has 0 rings (SSSR count). The molecule has 2 unspecified atom stereocenters. The molecule has 0 heterocycles. The number of thioether (sulfide) groups is 1. The Morgan fingerprint density at radius 2 is 2.00 bits per heavy atom. The number of nitrogens with one attached hydrogen (secondary N) is 1. The van der Waals surface area contributed by atoms with Crippen LogP contribution in [0.1, 0.15) is 34.6 Å². The molecule has 0 radical (unpaired) electrons. The quantitative estimate of drug-likeness (QED) is 0.708. The molecule has 0 saturated heterocycles. The van der Waals surface area contributed by atoms with Crippen molar-refractivity contribution in [2.24, 2.45) is 5.92 Å². The minimum Gasteiger partial charge on any atom is -0.480 e. The van der Waals surface area contributed by atoms with E-state index in [0.717, 1.165) is 0 Å². The number of hydrogen-bond donors (Lipinski definition) is 2. The summed E-state index contributed by atoms with van der Waals surface area (Å²) < 4.78 is 0. The van der Waals surface area contributed by atoms with Gasteiger partial charge in [-0.15, -0.1) is 0 Å². The molecule has 0 aliphatic carbocycles. The maximum absolute atomic E-state index is 11.1. The summed E-state index contributed by atoms with van der Waals surface area (Å²) in [6.45, 7) is 10.8. The summed E-state index contributed by atoms with van der Waals surface area (Å²) in [5, 5.41) is 12.7. The van der Waals surface area contributed by atoms with E-state index in [1.54, 1.807) is 18.7 Å². The van der Waals surface area contributed by atoms with Crippen LogP contribution in [0.3, 0.4) is 0 Å². The molecule has 15 heavy (non-hydrogen) atoms. The van der Waals surface area contributed by atoms with Gasteiger partial charge in [0, 0.05) is 11.0 Å². The summed E-state index contributed by atoms with van der Waals surface area (Å²) in [5.74, 6) is 0.415. The van der Waals surface area contributed by atoms with Crippen molar-refractivity contribution in [3.05, 3.63) is 0 Å². The number of carboxylic acid groups (broad SMARTS) is 1. The lowest BCUT2D eigenvalue weighted by Crippen LogP contribution is -2.51. The van der Waals surface area contributed by atoms with Crippen LogP contribution >= 0.6 is 11.8 Å². The Morgan fingerprint density at radius 1 is 1.47 bits per heavy atom. The molecule has 0 amide bonds. The van der Waals surface area contributed by atoms with Gasteiger partial charge in [-0.3, -0.25) is 4.79 Å². The Kier molecular flexibility index (Phi) is 6.29. The molecule has 0 aliphatic rings. The van der Waals surface area contributed by atoms with Crippen molar-refractivity contribution in [2.75, 3.05) is 12.3 Å². The Balaban J connectivity index is 4.25. The van der Waals surface area contributed by atoms with E-state index in [4.69, 9.17) is 5.11 Å². The van der Waals surface area contributed by atoms with Gasteiger partial charge >= 0.3 is 5.97 Å². The zero-order valence-corrected chi connectivity index (χ0v) is 11.1. The number of carbonyl (C=O) groups is 1. The number of aliphatic carboxylic acids is 1. The Labute approximate surface area is 97.0 Å². The molecule has 0 aliphatic heterocycles. The molecule has 0 aromatic rings. The van der Waals surface area contributed by atoms with Crippen molar-refractivity contribution < 1.29 is 9.90 Å². The van der Waals surface area contributed by atoms with Gasteiger partial charge in [0.2, 0.25) is 0 Å². The summed E-state index contributed by atoms with van der Waals surface area (Å²) >= 11 is 1.72. The van der Waals surface area contributed by atoms with E-state index in [0.29, 0.717) is 23.5 Å². The maximum Gasteiger partial charge on any atom is 0.324 e. The number of carboxylic acids is 1. The molecule has 3 nitrogen and oxygen atoms in total. The SMILES string of the molecule is CCNC(C)(CSC(C)C(C)C)C(=O)O. The molecule has 2 N–H and O–H groups in total. The molecule has 90 valence electrons. The second-order valence-electron chi connectivity index (χ2n) is 4.43. The minimum atomic E-state index is -0.803. The molecular weight excluding hydrogens is 210 g/mol. The lowest BCUT2D eigenvalue weighted by molar-refractivity contribution is -0.143. The Bertz CT molecular complexity index is 209. The van der Waals surface area contributed by atoms with Crippen LogP contribution in [0.15, 0.2) is 0 Å². The van der Waals surface area contributed by atoms with E-state index in [-0.39, 0.29) is 0 Å². The van der Waals surface area contributed by atoms with Crippen molar-refractivity contribution in [3.8, 4) is 0 Å². The van der Waals surface area contributed by atoms with Crippen LogP contribution in [0.25, 0.3) is 0 Å². The fourth-order valence-corrected chi connectivity index (χ4v) is 2.28. The van der Waals surface area contributed by atoms with Gasteiger partial charge in [-0.05, 0) is 19.4 Å². The van der Waals surface area contributed by atoms with Crippen LogP contribution < -0.4 is 5.32 Å². The summed E-state index contributed by atoms with van der Waals surface area (Å²) in [5.41, 5.74) is -0.803. The van der Waals surface area contributed by atoms with Crippen molar-refractivity contribution >= 4 is 17.7 Å². The fraction of sp³-hybridized carbons (Fsp3) is 0.909. The zero-order valence-electron chi connectivity index (χ0n) is 10.3. The maximum atomic E-state index is 11.1. The largest absolute Gasteiger partial charge is 0.480 e. The van der Waals surface area contributed by atoms with Gasteiger partial charge in [0.25, 0.3) is 0 Å². The first-order chi connectivity index (χ1) is 6.83. The van der Waals surface area contributed by atoms with Gasteiger partial charge in [-0.1, -0.05) is 27.7 Å². The van der Waals surface area contributed by atoms with E-state index in [1.165, 1.54) is 0 Å². The smallest absolute Gasteiger partial charge is 0.324 e. The average molecular weight is 233 g/mol. The highest BCUT2D eigenvalue weighted by atomic mass is 32.2. The van der Waals surface area contributed by atoms with Crippen LogP contribution in [0, 0.1) is 5.92 Å². The summed E-state index contributed by atoms with van der Waals surface area (Å²) in [7, 11) is 0. The monoisotopic (exact) mass is 233 g/mol. The van der Waals surface area contributed by atoms with Crippen molar-refractivity contribution in [2.45, 2.75) is 45.4 Å². The number of hydrogen-bond acceptors (Lipinski definition) is 3. The molecule has 2 atom stereocenters. The highest BCUT2D eigenvalue weighted by molar-refractivity contribution is 8.00. The molecule has 4 heteroatoms. The fourth-order valence-electron chi connectivity index (χ4n) is 1.07. The molecule has 0 fully saturated rings. The first-order valence-corrected chi connectivity index (χ1v) is 6.48. The number of likely N-dealkylation sites (N-methyl/N-ethyl adjacent to an activating group) is 1. The van der Waals surface area contributed by atoms with Gasteiger partial charge < -0.3 is 10.4 Å². The normalized spacial score (nSPS) is 17.5. The summed E-state index contributed by atoms with van der Waals surface area (Å²) in [4.78, 5) is 11.1. The van der Waals surface area contributed by atoms with Crippen LogP contribution in [0.4, 0.5) is 0 Å². The summed E-state index contributed by atoms with van der Waals surface area (Å²) in [6.07, 6.45) is 0. The minimum absolute atomic E-state index is 0.488. The molecule has 0 spiro atoms. The van der Waals surface area contributed by atoms with Crippen molar-refractivity contribution in [3.63, 3.8) is 0 Å².